The summed E-state index contributed by atoms with van der Waals surface area (Å²) in [5.41, 5.74) is 0.164. The normalized spacial score (nSPS) is 15.0. The van der Waals surface area contributed by atoms with Crippen molar-refractivity contribution in [2.75, 3.05) is 13.1 Å². The van der Waals surface area contributed by atoms with Crippen LogP contribution >= 0.6 is 11.6 Å². The summed E-state index contributed by atoms with van der Waals surface area (Å²) in [5, 5.41) is 0.208. The molecule has 30 heavy (non-hydrogen) atoms. The molecule has 0 N–H and O–H groups in total. The molecule has 1 saturated heterocycles. The average Bonchev–Trinajstić information content (AvgIpc) is 2.67. The van der Waals surface area contributed by atoms with Crippen molar-refractivity contribution in [3.8, 4) is 11.5 Å². The number of rotatable bonds is 5. The fraction of sp³-hybridized carbons (Fsp3) is 0.455. The van der Waals surface area contributed by atoms with Crippen molar-refractivity contribution < 1.29 is 23.4 Å². The summed E-state index contributed by atoms with van der Waals surface area (Å²) in [7, 11) is 0. The van der Waals surface area contributed by atoms with Gasteiger partial charge in [0, 0.05) is 38.2 Å². The van der Waals surface area contributed by atoms with Gasteiger partial charge in [-0.3, -0.25) is 4.98 Å². The molecular weight excluding hydrogens is 411 g/mol. The Morgan fingerprint density at radius 1 is 1.23 bits per heavy atom. The maximum absolute atomic E-state index is 13.1. The van der Waals surface area contributed by atoms with Crippen LogP contribution in [0, 0.1) is 5.82 Å². The highest BCUT2D eigenvalue weighted by molar-refractivity contribution is 6.32. The molecule has 6 nitrogen and oxygen atoms in total. The number of carbonyl (C=O) groups excluding carboxylic acids is 1. The van der Waals surface area contributed by atoms with Gasteiger partial charge in [0.15, 0.2) is 0 Å². The lowest BCUT2D eigenvalue weighted by Crippen LogP contribution is -2.44. The second-order valence-electron chi connectivity index (χ2n) is 8.13. The topological polar surface area (TPSA) is 60.9 Å². The van der Waals surface area contributed by atoms with E-state index < -0.39 is 11.4 Å². The van der Waals surface area contributed by atoms with Crippen molar-refractivity contribution in [1.82, 2.24) is 9.88 Å². The summed E-state index contributed by atoms with van der Waals surface area (Å²) >= 11 is 5.98. The molecule has 0 bridgehead atoms. The quantitative estimate of drug-likeness (QED) is 0.642. The zero-order chi connectivity index (χ0) is 21.7. The lowest BCUT2D eigenvalue weighted by Gasteiger charge is -2.33. The van der Waals surface area contributed by atoms with Gasteiger partial charge in [-0.2, -0.15) is 0 Å². The predicted molar refractivity (Wildman–Crippen MR) is 111 cm³/mol. The lowest BCUT2D eigenvalue weighted by atomic mass is 10.1. The van der Waals surface area contributed by atoms with Crippen LogP contribution in [-0.4, -0.2) is 40.8 Å². The number of nitrogens with zero attached hydrogens (tertiary/aromatic N) is 2. The molecule has 0 spiro atoms. The molecule has 0 radical (unpaired) electrons. The van der Waals surface area contributed by atoms with E-state index in [-0.39, 0.29) is 23.8 Å². The van der Waals surface area contributed by atoms with Crippen LogP contribution in [0.4, 0.5) is 9.18 Å². The number of aromatic nitrogens is 1. The average molecular weight is 437 g/mol. The van der Waals surface area contributed by atoms with Crippen molar-refractivity contribution in [3.05, 3.63) is 53.1 Å². The van der Waals surface area contributed by atoms with Crippen LogP contribution < -0.4 is 9.47 Å². The molecule has 2 aromatic rings. The first kappa shape index (κ1) is 22.2. The number of benzene rings is 1. The molecule has 1 fully saturated rings. The Morgan fingerprint density at radius 2 is 1.97 bits per heavy atom. The van der Waals surface area contributed by atoms with Crippen LogP contribution in [0.1, 0.15) is 39.3 Å². The predicted octanol–water partition coefficient (Wildman–Crippen LogP) is 5.23. The van der Waals surface area contributed by atoms with E-state index >= 15 is 0 Å². The Kier molecular flexibility index (Phi) is 7.02. The number of carbonyl (C=O) groups is 1. The fourth-order valence-corrected chi connectivity index (χ4v) is 3.25. The molecule has 0 atom stereocenters. The van der Waals surface area contributed by atoms with Gasteiger partial charge in [0.1, 0.15) is 35.6 Å². The molecule has 0 unspecified atom stereocenters. The van der Waals surface area contributed by atoms with Crippen LogP contribution in [-0.2, 0) is 11.3 Å². The number of amides is 1. The first-order chi connectivity index (χ1) is 14.2. The smallest absolute Gasteiger partial charge is 0.410 e. The number of ether oxygens (including phenoxy) is 3. The molecule has 1 amide bonds. The minimum Gasteiger partial charge on any atom is -0.490 e. The van der Waals surface area contributed by atoms with E-state index in [0.29, 0.717) is 30.3 Å². The van der Waals surface area contributed by atoms with Gasteiger partial charge in [-0.15, -0.1) is 0 Å². The van der Waals surface area contributed by atoms with Gasteiger partial charge in [0.2, 0.25) is 0 Å². The van der Waals surface area contributed by atoms with Gasteiger partial charge >= 0.3 is 6.09 Å². The van der Waals surface area contributed by atoms with E-state index in [9.17, 15) is 9.18 Å². The van der Waals surface area contributed by atoms with Crippen LogP contribution in [0.15, 0.2) is 36.5 Å². The molecule has 1 aromatic heterocycles. The maximum Gasteiger partial charge on any atom is 0.410 e. The van der Waals surface area contributed by atoms with Gasteiger partial charge in [0.05, 0.1) is 10.7 Å². The summed E-state index contributed by atoms with van der Waals surface area (Å²) in [5.74, 6) is 0.656. The molecule has 0 saturated carbocycles. The largest absolute Gasteiger partial charge is 0.490 e. The summed E-state index contributed by atoms with van der Waals surface area (Å²) in [6.07, 6.45) is 2.81. The molecule has 8 heteroatoms. The molecule has 3 rings (SSSR count). The summed E-state index contributed by atoms with van der Waals surface area (Å²) in [6.45, 7) is 6.92. The molecular formula is C22H26ClFN2O4. The van der Waals surface area contributed by atoms with Crippen molar-refractivity contribution >= 4 is 17.7 Å². The van der Waals surface area contributed by atoms with Crippen molar-refractivity contribution in [2.45, 2.75) is 51.9 Å². The third-order valence-electron chi connectivity index (χ3n) is 4.45. The maximum atomic E-state index is 13.1. The number of halogens is 2. The SMILES string of the molecule is CC(C)(C)OC(=O)N1CCC(Oc2ccnc(COc3ccc(F)cc3Cl)c2)CC1. The minimum atomic E-state index is -0.502. The van der Waals surface area contributed by atoms with Gasteiger partial charge in [-0.1, -0.05) is 11.6 Å². The number of likely N-dealkylation sites (tertiary alicyclic amines) is 1. The third-order valence-corrected chi connectivity index (χ3v) is 4.75. The zero-order valence-corrected chi connectivity index (χ0v) is 18.1. The summed E-state index contributed by atoms with van der Waals surface area (Å²) in [6, 6.07) is 7.56. The van der Waals surface area contributed by atoms with Gasteiger partial charge < -0.3 is 19.1 Å². The van der Waals surface area contributed by atoms with Crippen LogP contribution in [0.3, 0.4) is 0 Å². The monoisotopic (exact) mass is 436 g/mol. The summed E-state index contributed by atoms with van der Waals surface area (Å²) < 4.78 is 30.2. The van der Waals surface area contributed by atoms with E-state index in [1.165, 1.54) is 18.2 Å². The Balaban J connectivity index is 1.50. The highest BCUT2D eigenvalue weighted by atomic mass is 35.5. The molecule has 1 aliphatic rings. The first-order valence-electron chi connectivity index (χ1n) is 9.87. The van der Waals surface area contributed by atoms with Crippen LogP contribution in [0.2, 0.25) is 5.02 Å². The number of hydrogen-bond acceptors (Lipinski definition) is 5. The number of piperidine rings is 1. The Hall–Kier alpha value is -2.54. The second kappa shape index (κ2) is 9.51. The number of hydrogen-bond donors (Lipinski definition) is 0. The summed E-state index contributed by atoms with van der Waals surface area (Å²) in [4.78, 5) is 18.1. The molecule has 1 aliphatic heterocycles. The molecule has 1 aromatic carbocycles. The van der Waals surface area contributed by atoms with E-state index in [4.69, 9.17) is 25.8 Å². The van der Waals surface area contributed by atoms with E-state index in [1.54, 1.807) is 23.2 Å². The zero-order valence-electron chi connectivity index (χ0n) is 17.4. The van der Waals surface area contributed by atoms with Crippen molar-refractivity contribution in [3.63, 3.8) is 0 Å². The highest BCUT2D eigenvalue weighted by Crippen LogP contribution is 2.26. The Labute approximate surface area is 180 Å². The van der Waals surface area contributed by atoms with E-state index in [1.807, 2.05) is 20.8 Å². The van der Waals surface area contributed by atoms with Gasteiger partial charge in [0.25, 0.3) is 0 Å². The molecule has 162 valence electrons. The standard InChI is InChI=1S/C22H26ClFN2O4/c1-22(2,3)30-21(27)26-10-7-17(8-11-26)29-18-6-9-25-16(13-18)14-28-20-5-4-15(24)12-19(20)23/h4-6,9,12-13,17H,7-8,10-11,14H2,1-3H3. The van der Waals surface area contributed by atoms with Gasteiger partial charge in [-0.25, -0.2) is 9.18 Å². The van der Waals surface area contributed by atoms with E-state index in [0.717, 1.165) is 12.8 Å². The van der Waals surface area contributed by atoms with Crippen LogP contribution in [0.5, 0.6) is 11.5 Å². The van der Waals surface area contributed by atoms with E-state index in [2.05, 4.69) is 4.98 Å². The fourth-order valence-electron chi connectivity index (χ4n) is 3.03. The molecule has 0 aliphatic carbocycles. The minimum absolute atomic E-state index is 0.00592. The second-order valence-corrected chi connectivity index (χ2v) is 8.54. The van der Waals surface area contributed by atoms with Gasteiger partial charge in [-0.05, 0) is 45.0 Å². The molecule has 2 heterocycles. The lowest BCUT2D eigenvalue weighted by molar-refractivity contribution is 0.0126. The third kappa shape index (κ3) is 6.49. The highest BCUT2D eigenvalue weighted by Gasteiger charge is 2.27. The Morgan fingerprint density at radius 3 is 2.63 bits per heavy atom. The number of pyridine rings is 1. The van der Waals surface area contributed by atoms with Crippen molar-refractivity contribution in [1.29, 1.82) is 0 Å². The first-order valence-corrected chi connectivity index (χ1v) is 10.2. The van der Waals surface area contributed by atoms with Crippen molar-refractivity contribution in [2.24, 2.45) is 0 Å². The Bertz CT molecular complexity index is 880. The van der Waals surface area contributed by atoms with Crippen LogP contribution in [0.25, 0.3) is 0 Å².